The van der Waals surface area contributed by atoms with Gasteiger partial charge in [0.1, 0.15) is 0 Å². The van der Waals surface area contributed by atoms with Crippen molar-refractivity contribution < 1.29 is 0 Å². The average Bonchev–Trinajstić information content (AvgIpc) is 2.94. The molecule has 1 aliphatic heterocycles. The summed E-state index contributed by atoms with van der Waals surface area (Å²) in [5.41, 5.74) is 4.26. The third kappa shape index (κ3) is 2.76. The zero-order chi connectivity index (χ0) is 14.7. The van der Waals surface area contributed by atoms with E-state index in [1.165, 1.54) is 34.6 Å². The van der Waals surface area contributed by atoms with E-state index in [4.69, 9.17) is 0 Å². The van der Waals surface area contributed by atoms with Crippen LogP contribution in [0.3, 0.4) is 0 Å². The van der Waals surface area contributed by atoms with E-state index in [1.807, 2.05) is 0 Å². The number of aryl methyl sites for hydroxylation is 1. The molecule has 2 atom stereocenters. The van der Waals surface area contributed by atoms with Gasteiger partial charge in [0, 0.05) is 5.25 Å². The van der Waals surface area contributed by atoms with Gasteiger partial charge in [0.2, 0.25) is 0 Å². The van der Waals surface area contributed by atoms with Crippen LogP contribution in [0.1, 0.15) is 30.0 Å². The highest BCUT2D eigenvalue weighted by molar-refractivity contribution is 8.04. The van der Waals surface area contributed by atoms with Gasteiger partial charge in [-0.05, 0) is 36.0 Å². The molecule has 0 aromatic heterocycles. The van der Waals surface area contributed by atoms with Gasteiger partial charge >= 0.3 is 0 Å². The second kappa shape index (κ2) is 6.50. The van der Waals surface area contributed by atoms with E-state index in [-0.39, 0.29) is 4.75 Å². The van der Waals surface area contributed by atoms with Gasteiger partial charge in [0.25, 0.3) is 0 Å². The first-order valence-corrected chi connectivity index (χ1v) is 9.69. The molecule has 2 aromatic carbocycles. The van der Waals surface area contributed by atoms with Crippen molar-refractivity contribution in [3.8, 4) is 0 Å². The first-order chi connectivity index (χ1) is 10.3. The van der Waals surface area contributed by atoms with Gasteiger partial charge in [-0.2, -0.15) is 11.8 Å². The lowest BCUT2D eigenvalue weighted by molar-refractivity contribution is 0.704. The molecule has 2 aromatic rings. The normalized spacial score (nSPS) is 25.1. The van der Waals surface area contributed by atoms with Crippen molar-refractivity contribution in [3.63, 3.8) is 0 Å². The summed E-state index contributed by atoms with van der Waals surface area (Å²) in [5, 5.41) is 0.664. The lowest BCUT2D eigenvalue weighted by Crippen LogP contribution is -2.31. The highest BCUT2D eigenvalue weighted by atomic mass is 32.2. The van der Waals surface area contributed by atoms with Gasteiger partial charge in [0.15, 0.2) is 0 Å². The summed E-state index contributed by atoms with van der Waals surface area (Å²) in [6.07, 6.45) is 1.30. The number of hydrogen-bond acceptors (Lipinski definition) is 2. The Balaban J connectivity index is 2.13. The Bertz CT molecular complexity index is 576. The van der Waals surface area contributed by atoms with Crippen molar-refractivity contribution >= 4 is 23.5 Å². The largest absolute Gasteiger partial charge is 0.157 e. The second-order valence-corrected chi connectivity index (χ2v) is 8.37. The average molecular weight is 315 g/mol. The summed E-state index contributed by atoms with van der Waals surface area (Å²) < 4.78 is 0.121. The van der Waals surface area contributed by atoms with Crippen LogP contribution >= 0.6 is 23.5 Å². The summed E-state index contributed by atoms with van der Waals surface area (Å²) in [6, 6.07) is 20.3. The van der Waals surface area contributed by atoms with Gasteiger partial charge in [-0.3, -0.25) is 0 Å². The Hall–Kier alpha value is -0.860. The quantitative estimate of drug-likeness (QED) is 0.731. The molecule has 0 radical (unpaired) electrons. The summed E-state index contributed by atoms with van der Waals surface area (Å²) in [7, 11) is 0. The molecule has 21 heavy (non-hydrogen) atoms. The van der Waals surface area contributed by atoms with Gasteiger partial charge in [0.05, 0.1) is 4.75 Å². The molecule has 0 amide bonds. The lowest BCUT2D eigenvalue weighted by atomic mass is 9.86. The van der Waals surface area contributed by atoms with Crippen LogP contribution in [0.5, 0.6) is 0 Å². The molecule has 110 valence electrons. The Labute approximate surface area is 136 Å². The number of rotatable bonds is 4. The van der Waals surface area contributed by atoms with Crippen LogP contribution in [0.15, 0.2) is 54.6 Å². The molecule has 0 bridgehead atoms. The minimum absolute atomic E-state index is 0.121. The molecule has 0 aliphatic carbocycles. The fraction of sp³-hybridized carbons (Fsp3) is 0.368. The first kappa shape index (κ1) is 15.1. The van der Waals surface area contributed by atoms with Crippen LogP contribution in [0, 0.1) is 6.92 Å². The minimum atomic E-state index is 0.121. The highest BCUT2D eigenvalue weighted by Crippen LogP contribution is 2.55. The molecular formula is C19H22S2. The smallest absolute Gasteiger partial charge is 0.0775 e. The van der Waals surface area contributed by atoms with Crippen molar-refractivity contribution in [2.45, 2.75) is 30.3 Å². The van der Waals surface area contributed by atoms with E-state index in [2.05, 4.69) is 92.0 Å². The molecule has 1 aliphatic rings. The number of benzene rings is 2. The highest BCUT2D eigenvalue weighted by Gasteiger charge is 2.46. The van der Waals surface area contributed by atoms with E-state index in [0.717, 1.165) is 0 Å². The SMILES string of the molecule is CCSC1CCSC1(c1ccccc1)c1ccc(C)cc1. The Morgan fingerprint density at radius 1 is 1.05 bits per heavy atom. The molecule has 0 saturated carbocycles. The zero-order valence-electron chi connectivity index (χ0n) is 12.7. The monoisotopic (exact) mass is 314 g/mol. The summed E-state index contributed by atoms with van der Waals surface area (Å²) in [6.45, 7) is 4.44. The fourth-order valence-electron chi connectivity index (χ4n) is 3.22. The van der Waals surface area contributed by atoms with Crippen LogP contribution in [0.25, 0.3) is 0 Å². The van der Waals surface area contributed by atoms with E-state index in [0.29, 0.717) is 5.25 Å². The molecular weight excluding hydrogens is 292 g/mol. The van der Waals surface area contributed by atoms with Crippen LogP contribution < -0.4 is 0 Å². The maximum atomic E-state index is 2.34. The Morgan fingerprint density at radius 2 is 1.71 bits per heavy atom. The van der Waals surface area contributed by atoms with Gasteiger partial charge in [-0.25, -0.2) is 0 Å². The molecule has 1 fully saturated rings. The van der Waals surface area contributed by atoms with Crippen LogP contribution in [0.2, 0.25) is 0 Å². The van der Waals surface area contributed by atoms with Crippen molar-refractivity contribution in [2.24, 2.45) is 0 Å². The second-order valence-electron chi connectivity index (χ2n) is 5.55. The van der Waals surface area contributed by atoms with Crippen LogP contribution in [-0.2, 0) is 4.75 Å². The molecule has 0 spiro atoms. The molecule has 2 unspecified atom stereocenters. The van der Waals surface area contributed by atoms with Crippen LogP contribution in [-0.4, -0.2) is 16.8 Å². The van der Waals surface area contributed by atoms with Crippen molar-refractivity contribution in [1.82, 2.24) is 0 Å². The summed E-state index contributed by atoms with van der Waals surface area (Å²) in [5.74, 6) is 2.44. The molecule has 1 heterocycles. The number of hydrogen-bond donors (Lipinski definition) is 0. The summed E-state index contributed by atoms with van der Waals surface area (Å²) in [4.78, 5) is 0. The molecule has 1 saturated heterocycles. The van der Waals surface area contributed by atoms with Crippen molar-refractivity contribution in [2.75, 3.05) is 11.5 Å². The zero-order valence-corrected chi connectivity index (χ0v) is 14.3. The topological polar surface area (TPSA) is 0 Å². The minimum Gasteiger partial charge on any atom is -0.157 e. The van der Waals surface area contributed by atoms with Crippen molar-refractivity contribution in [1.29, 1.82) is 0 Å². The fourth-order valence-corrected chi connectivity index (χ4v) is 6.55. The maximum Gasteiger partial charge on any atom is 0.0775 e. The molecule has 0 N–H and O–H groups in total. The van der Waals surface area contributed by atoms with E-state index >= 15 is 0 Å². The Morgan fingerprint density at radius 3 is 2.38 bits per heavy atom. The Kier molecular flexibility index (Phi) is 4.66. The standard InChI is InChI=1S/C19H22S2/c1-3-20-18-13-14-21-19(18,16-7-5-4-6-8-16)17-11-9-15(2)10-12-17/h4-12,18H,3,13-14H2,1-2H3. The number of thioether (sulfide) groups is 2. The maximum absolute atomic E-state index is 2.34. The van der Waals surface area contributed by atoms with E-state index in [9.17, 15) is 0 Å². The molecule has 3 rings (SSSR count). The third-order valence-corrected chi connectivity index (χ3v) is 7.34. The van der Waals surface area contributed by atoms with E-state index < -0.39 is 0 Å². The lowest BCUT2D eigenvalue weighted by Gasteiger charge is -2.35. The van der Waals surface area contributed by atoms with E-state index in [1.54, 1.807) is 0 Å². The van der Waals surface area contributed by atoms with Crippen LogP contribution in [0.4, 0.5) is 0 Å². The summed E-state index contributed by atoms with van der Waals surface area (Å²) >= 11 is 4.25. The predicted octanol–water partition coefficient (Wildman–Crippen LogP) is 5.50. The van der Waals surface area contributed by atoms with Gasteiger partial charge in [-0.15, -0.1) is 11.8 Å². The first-order valence-electron chi connectivity index (χ1n) is 7.65. The van der Waals surface area contributed by atoms with Crippen molar-refractivity contribution in [3.05, 3.63) is 71.3 Å². The molecule has 2 heteroatoms. The third-order valence-electron chi connectivity index (χ3n) is 4.21. The van der Waals surface area contributed by atoms with Gasteiger partial charge < -0.3 is 0 Å². The molecule has 0 nitrogen and oxygen atoms in total. The predicted molar refractivity (Wildman–Crippen MR) is 97.4 cm³/mol. The van der Waals surface area contributed by atoms with Gasteiger partial charge in [-0.1, -0.05) is 67.1 Å².